The summed E-state index contributed by atoms with van der Waals surface area (Å²) in [7, 11) is 1.84. The van der Waals surface area contributed by atoms with Crippen LogP contribution in [0.4, 0.5) is 10.3 Å². The van der Waals surface area contributed by atoms with Crippen LogP contribution in [0.5, 0.6) is 0 Å². The van der Waals surface area contributed by atoms with Gasteiger partial charge in [-0.3, -0.25) is 0 Å². The Bertz CT molecular complexity index is 652. The van der Waals surface area contributed by atoms with Gasteiger partial charge in [0.2, 0.25) is 5.95 Å². The summed E-state index contributed by atoms with van der Waals surface area (Å²) in [5.41, 5.74) is -1.12. The molecule has 7 heteroatoms. The number of rotatable bonds is 3. The standard InChI is InChI=1S/C16H20FN3O3/c1-20(15-18-7-11(17)12(19-15)14(21)22)13-9-2-8-3-10(13)6-16(23,4-8)5-9/h7-10,13,23H,2-6H2,1H3,(H,21,22). The van der Waals surface area contributed by atoms with Gasteiger partial charge in [-0.2, -0.15) is 0 Å². The molecule has 4 saturated carbocycles. The predicted molar refractivity (Wildman–Crippen MR) is 79.6 cm³/mol. The number of aromatic nitrogens is 2. The summed E-state index contributed by atoms with van der Waals surface area (Å²) in [6.07, 6.45) is 5.56. The first-order valence-electron chi connectivity index (χ1n) is 8.07. The van der Waals surface area contributed by atoms with E-state index in [0.29, 0.717) is 17.8 Å². The second-order valence-electron chi connectivity index (χ2n) is 7.47. The van der Waals surface area contributed by atoms with Crippen molar-refractivity contribution in [1.29, 1.82) is 0 Å². The lowest BCUT2D eigenvalue weighted by Crippen LogP contribution is -2.61. The summed E-state index contributed by atoms with van der Waals surface area (Å²) in [6.45, 7) is 0. The topological polar surface area (TPSA) is 86.6 Å². The molecule has 124 valence electrons. The number of hydrogen-bond acceptors (Lipinski definition) is 5. The van der Waals surface area contributed by atoms with E-state index in [-0.39, 0.29) is 12.0 Å². The number of carboxylic acids is 1. The fraction of sp³-hybridized carbons (Fsp3) is 0.688. The van der Waals surface area contributed by atoms with Crippen LogP contribution in [0, 0.1) is 23.6 Å². The van der Waals surface area contributed by atoms with Crippen LogP contribution < -0.4 is 4.90 Å². The molecule has 1 aromatic heterocycles. The maximum atomic E-state index is 13.5. The second kappa shape index (κ2) is 4.87. The third-order valence-electron chi connectivity index (χ3n) is 5.89. The highest BCUT2D eigenvalue weighted by molar-refractivity contribution is 5.85. The summed E-state index contributed by atoms with van der Waals surface area (Å²) in [5.74, 6) is -0.761. The van der Waals surface area contributed by atoms with Crippen LogP contribution in [-0.4, -0.2) is 44.8 Å². The molecular formula is C16H20FN3O3. The Morgan fingerprint density at radius 1 is 1.35 bits per heavy atom. The van der Waals surface area contributed by atoms with Gasteiger partial charge in [-0.05, 0) is 49.9 Å². The number of carboxylic acid groups (broad SMARTS) is 1. The van der Waals surface area contributed by atoms with Crippen molar-refractivity contribution in [1.82, 2.24) is 9.97 Å². The van der Waals surface area contributed by atoms with Crippen molar-refractivity contribution in [3.05, 3.63) is 17.7 Å². The van der Waals surface area contributed by atoms with Crippen LogP contribution in [0.15, 0.2) is 6.20 Å². The van der Waals surface area contributed by atoms with E-state index in [2.05, 4.69) is 9.97 Å². The number of nitrogens with zero attached hydrogens (tertiary/aromatic N) is 3. The molecule has 2 atom stereocenters. The molecule has 4 fully saturated rings. The molecule has 0 saturated heterocycles. The number of anilines is 1. The van der Waals surface area contributed by atoms with Gasteiger partial charge in [0.25, 0.3) is 0 Å². The zero-order valence-electron chi connectivity index (χ0n) is 12.9. The Morgan fingerprint density at radius 2 is 2.00 bits per heavy atom. The largest absolute Gasteiger partial charge is 0.476 e. The quantitative estimate of drug-likeness (QED) is 0.881. The molecule has 4 bridgehead atoms. The van der Waals surface area contributed by atoms with Crippen molar-refractivity contribution in [2.45, 2.75) is 43.7 Å². The molecule has 6 nitrogen and oxygen atoms in total. The molecule has 23 heavy (non-hydrogen) atoms. The number of hydrogen-bond donors (Lipinski definition) is 2. The summed E-state index contributed by atoms with van der Waals surface area (Å²) in [5, 5.41) is 19.7. The van der Waals surface area contributed by atoms with Gasteiger partial charge >= 0.3 is 5.97 Å². The minimum absolute atomic E-state index is 0.180. The van der Waals surface area contributed by atoms with Gasteiger partial charge < -0.3 is 15.1 Å². The van der Waals surface area contributed by atoms with Crippen LogP contribution in [-0.2, 0) is 0 Å². The first-order chi connectivity index (χ1) is 10.9. The van der Waals surface area contributed by atoms with Crippen LogP contribution in [0.1, 0.15) is 42.6 Å². The Kier molecular flexibility index (Phi) is 3.13. The van der Waals surface area contributed by atoms with Crippen molar-refractivity contribution in [2.75, 3.05) is 11.9 Å². The first-order valence-corrected chi connectivity index (χ1v) is 8.07. The van der Waals surface area contributed by atoms with Gasteiger partial charge in [0.1, 0.15) is 0 Å². The Hall–Kier alpha value is -1.76. The van der Waals surface area contributed by atoms with E-state index >= 15 is 0 Å². The van der Waals surface area contributed by atoms with E-state index in [1.165, 1.54) is 0 Å². The Balaban J connectivity index is 1.64. The molecule has 0 amide bonds. The highest BCUT2D eigenvalue weighted by Crippen LogP contribution is 2.56. The van der Waals surface area contributed by atoms with E-state index in [1.807, 2.05) is 11.9 Å². The minimum atomic E-state index is -1.39. The molecule has 0 aromatic carbocycles. The molecule has 0 spiro atoms. The van der Waals surface area contributed by atoms with Crippen molar-refractivity contribution in [3.63, 3.8) is 0 Å². The van der Waals surface area contributed by atoms with Crippen molar-refractivity contribution >= 4 is 11.9 Å². The zero-order chi connectivity index (χ0) is 16.4. The van der Waals surface area contributed by atoms with Crippen LogP contribution in [0.2, 0.25) is 0 Å². The average Bonchev–Trinajstić information content (AvgIpc) is 2.44. The fourth-order valence-corrected chi connectivity index (χ4v) is 5.40. The zero-order valence-corrected chi connectivity index (χ0v) is 12.9. The van der Waals surface area contributed by atoms with Crippen LogP contribution >= 0.6 is 0 Å². The molecule has 1 heterocycles. The molecule has 5 rings (SSSR count). The normalized spacial score (nSPS) is 37.9. The lowest BCUT2D eigenvalue weighted by molar-refractivity contribution is -0.133. The SMILES string of the molecule is CN(c1ncc(F)c(C(=O)O)n1)C1C2CC3CC1CC(O)(C3)C2. The summed E-state index contributed by atoms with van der Waals surface area (Å²) < 4.78 is 13.5. The second-order valence-corrected chi connectivity index (χ2v) is 7.47. The number of aliphatic hydroxyl groups is 1. The Labute approximate surface area is 133 Å². The number of carbonyl (C=O) groups is 1. The van der Waals surface area contributed by atoms with E-state index in [4.69, 9.17) is 5.11 Å². The molecule has 0 aliphatic heterocycles. The summed E-state index contributed by atoms with van der Waals surface area (Å²) in [4.78, 5) is 20.9. The maximum Gasteiger partial charge on any atom is 0.357 e. The lowest BCUT2D eigenvalue weighted by Gasteiger charge is -2.59. The van der Waals surface area contributed by atoms with Crippen molar-refractivity contribution < 1.29 is 19.4 Å². The van der Waals surface area contributed by atoms with E-state index < -0.39 is 23.1 Å². The van der Waals surface area contributed by atoms with Gasteiger partial charge in [0.15, 0.2) is 11.5 Å². The van der Waals surface area contributed by atoms with Gasteiger partial charge in [0.05, 0.1) is 11.8 Å². The van der Waals surface area contributed by atoms with Gasteiger partial charge in [-0.1, -0.05) is 0 Å². The highest BCUT2D eigenvalue weighted by atomic mass is 19.1. The number of halogens is 1. The molecular weight excluding hydrogens is 301 g/mol. The van der Waals surface area contributed by atoms with Crippen molar-refractivity contribution in [2.24, 2.45) is 17.8 Å². The molecule has 1 aromatic rings. The Morgan fingerprint density at radius 3 is 2.57 bits per heavy atom. The highest BCUT2D eigenvalue weighted by Gasteiger charge is 2.56. The van der Waals surface area contributed by atoms with Crippen LogP contribution in [0.3, 0.4) is 0 Å². The minimum Gasteiger partial charge on any atom is -0.476 e. The van der Waals surface area contributed by atoms with E-state index in [0.717, 1.165) is 38.3 Å². The van der Waals surface area contributed by atoms with Crippen molar-refractivity contribution in [3.8, 4) is 0 Å². The molecule has 2 N–H and O–H groups in total. The third-order valence-corrected chi connectivity index (χ3v) is 5.89. The third kappa shape index (κ3) is 2.29. The number of aromatic carboxylic acids is 1. The molecule has 2 unspecified atom stereocenters. The molecule has 4 aliphatic rings. The fourth-order valence-electron chi connectivity index (χ4n) is 5.40. The summed E-state index contributed by atoms with van der Waals surface area (Å²) in [6, 6.07) is 0.180. The van der Waals surface area contributed by atoms with E-state index in [9.17, 15) is 14.3 Å². The first kappa shape index (κ1) is 14.8. The van der Waals surface area contributed by atoms with Gasteiger partial charge in [-0.25, -0.2) is 19.2 Å². The van der Waals surface area contributed by atoms with E-state index in [1.54, 1.807) is 0 Å². The molecule has 0 radical (unpaired) electrons. The van der Waals surface area contributed by atoms with Crippen LogP contribution in [0.25, 0.3) is 0 Å². The smallest absolute Gasteiger partial charge is 0.357 e. The lowest BCUT2D eigenvalue weighted by atomic mass is 9.52. The predicted octanol–water partition coefficient (Wildman–Crippen LogP) is 1.69. The van der Waals surface area contributed by atoms with Gasteiger partial charge in [0, 0.05) is 13.1 Å². The maximum absolute atomic E-state index is 13.5. The monoisotopic (exact) mass is 321 g/mol. The van der Waals surface area contributed by atoms with Gasteiger partial charge in [-0.15, -0.1) is 0 Å². The molecule has 4 aliphatic carbocycles. The summed E-state index contributed by atoms with van der Waals surface area (Å²) >= 11 is 0. The average molecular weight is 321 g/mol.